The molecule has 27 heavy (non-hydrogen) atoms. The Labute approximate surface area is 165 Å². The third kappa shape index (κ3) is 4.32. The quantitative estimate of drug-likeness (QED) is 0.719. The zero-order chi connectivity index (χ0) is 19.6. The van der Waals surface area contributed by atoms with Gasteiger partial charge in [0.05, 0.1) is 17.5 Å². The number of anilines is 2. The Morgan fingerprint density at radius 2 is 1.85 bits per heavy atom. The van der Waals surface area contributed by atoms with Crippen LogP contribution in [0, 0.1) is 0 Å². The van der Waals surface area contributed by atoms with E-state index in [0.717, 1.165) is 30.9 Å². The molecule has 8 heteroatoms. The first-order valence-electron chi connectivity index (χ1n) is 9.51. The highest BCUT2D eigenvalue weighted by Gasteiger charge is 2.49. The standard InChI is InChI=1S/C19H27N3O3S2/c1-4-7-18(23)20-19-22(16-12-27(24,25)13-17(16)26-19)15-10-8-14(9-11-15)21(5-2)6-3/h8-11,16-17H,4-7,12-13H2,1-3H3/t16-,17-/m1/s1. The van der Waals surface area contributed by atoms with E-state index < -0.39 is 9.84 Å². The molecule has 6 nitrogen and oxygen atoms in total. The Morgan fingerprint density at radius 1 is 1.19 bits per heavy atom. The summed E-state index contributed by atoms with van der Waals surface area (Å²) in [6.45, 7) is 8.04. The van der Waals surface area contributed by atoms with Gasteiger partial charge in [-0.3, -0.25) is 4.79 Å². The van der Waals surface area contributed by atoms with Crippen molar-refractivity contribution in [3.63, 3.8) is 0 Å². The molecule has 2 fully saturated rings. The number of benzene rings is 1. The van der Waals surface area contributed by atoms with Gasteiger partial charge < -0.3 is 9.80 Å². The van der Waals surface area contributed by atoms with E-state index >= 15 is 0 Å². The van der Waals surface area contributed by atoms with Crippen molar-refractivity contribution in [3.05, 3.63) is 24.3 Å². The van der Waals surface area contributed by atoms with Crippen LogP contribution in [0.25, 0.3) is 0 Å². The van der Waals surface area contributed by atoms with Crippen molar-refractivity contribution >= 4 is 44.0 Å². The van der Waals surface area contributed by atoms with Crippen LogP contribution >= 0.6 is 11.8 Å². The Hall–Kier alpha value is -1.54. The summed E-state index contributed by atoms with van der Waals surface area (Å²) in [5.74, 6) is 0.119. The fourth-order valence-electron chi connectivity index (χ4n) is 3.66. The first-order chi connectivity index (χ1) is 12.9. The predicted octanol–water partition coefficient (Wildman–Crippen LogP) is 2.93. The summed E-state index contributed by atoms with van der Waals surface area (Å²) < 4.78 is 24.2. The highest BCUT2D eigenvalue weighted by Crippen LogP contribution is 2.41. The minimum Gasteiger partial charge on any atom is -0.372 e. The van der Waals surface area contributed by atoms with Crippen LogP contribution in [0.5, 0.6) is 0 Å². The van der Waals surface area contributed by atoms with Crippen molar-refractivity contribution in [2.75, 3.05) is 34.4 Å². The SMILES string of the molecule is CCCC(=O)N=C1S[C@@H]2CS(=O)(=O)C[C@H]2N1c1ccc(N(CC)CC)cc1. The molecule has 0 aromatic heterocycles. The molecule has 2 heterocycles. The Bertz CT molecular complexity index is 817. The number of nitrogens with zero attached hydrogens (tertiary/aromatic N) is 3. The summed E-state index contributed by atoms with van der Waals surface area (Å²) in [7, 11) is -3.05. The zero-order valence-corrected chi connectivity index (χ0v) is 17.7. The summed E-state index contributed by atoms with van der Waals surface area (Å²) in [5.41, 5.74) is 2.03. The number of thioether (sulfide) groups is 1. The third-order valence-electron chi connectivity index (χ3n) is 5.01. The number of rotatable bonds is 6. The van der Waals surface area contributed by atoms with Crippen molar-refractivity contribution in [2.45, 2.75) is 44.9 Å². The lowest BCUT2D eigenvalue weighted by atomic mass is 10.2. The molecule has 0 N–H and O–H groups in total. The molecule has 1 aromatic carbocycles. The Kier molecular flexibility index (Phi) is 6.15. The van der Waals surface area contributed by atoms with Gasteiger partial charge >= 0.3 is 0 Å². The number of hydrogen-bond donors (Lipinski definition) is 0. The van der Waals surface area contributed by atoms with E-state index in [0.29, 0.717) is 11.6 Å². The van der Waals surface area contributed by atoms with Crippen molar-refractivity contribution in [1.82, 2.24) is 0 Å². The van der Waals surface area contributed by atoms with Gasteiger partial charge in [0, 0.05) is 36.1 Å². The predicted molar refractivity (Wildman–Crippen MR) is 114 cm³/mol. The van der Waals surface area contributed by atoms with Crippen LogP contribution in [-0.4, -0.2) is 55.4 Å². The van der Waals surface area contributed by atoms with Gasteiger partial charge in [0.25, 0.3) is 0 Å². The smallest absolute Gasteiger partial charge is 0.248 e. The van der Waals surface area contributed by atoms with Crippen LogP contribution in [0.2, 0.25) is 0 Å². The van der Waals surface area contributed by atoms with Gasteiger partial charge in [-0.2, -0.15) is 4.99 Å². The Balaban J connectivity index is 1.93. The van der Waals surface area contributed by atoms with E-state index in [9.17, 15) is 13.2 Å². The van der Waals surface area contributed by atoms with Gasteiger partial charge in [-0.25, -0.2) is 8.42 Å². The second kappa shape index (κ2) is 8.22. The number of hydrogen-bond acceptors (Lipinski definition) is 5. The average molecular weight is 410 g/mol. The van der Waals surface area contributed by atoms with Gasteiger partial charge in [0.2, 0.25) is 5.91 Å². The summed E-state index contributed by atoms with van der Waals surface area (Å²) in [6.07, 6.45) is 1.16. The van der Waals surface area contributed by atoms with Crippen LogP contribution in [0.3, 0.4) is 0 Å². The lowest BCUT2D eigenvalue weighted by molar-refractivity contribution is -0.117. The molecular weight excluding hydrogens is 382 g/mol. The molecular formula is C19H27N3O3S2. The molecule has 1 amide bonds. The van der Waals surface area contributed by atoms with E-state index in [2.05, 4.69) is 35.9 Å². The number of aliphatic imine (C=N–C) groups is 1. The highest BCUT2D eigenvalue weighted by molar-refractivity contribution is 8.16. The molecule has 0 saturated carbocycles. The Morgan fingerprint density at radius 3 is 2.44 bits per heavy atom. The highest BCUT2D eigenvalue weighted by atomic mass is 32.2. The molecule has 0 radical (unpaired) electrons. The lowest BCUT2D eigenvalue weighted by Gasteiger charge is -2.26. The molecule has 0 spiro atoms. The molecule has 2 atom stereocenters. The number of fused-ring (bicyclic) bond motifs is 1. The largest absolute Gasteiger partial charge is 0.372 e. The minimum absolute atomic E-state index is 0.0642. The van der Waals surface area contributed by atoms with E-state index in [4.69, 9.17) is 0 Å². The van der Waals surface area contributed by atoms with Crippen LogP contribution in [0.4, 0.5) is 11.4 Å². The lowest BCUT2D eigenvalue weighted by Crippen LogP contribution is -2.37. The van der Waals surface area contributed by atoms with Crippen molar-refractivity contribution in [3.8, 4) is 0 Å². The van der Waals surface area contributed by atoms with Gasteiger partial charge in [-0.05, 0) is 44.5 Å². The van der Waals surface area contributed by atoms with Crippen LogP contribution in [0.1, 0.15) is 33.6 Å². The number of amidine groups is 1. The van der Waals surface area contributed by atoms with Crippen LogP contribution in [-0.2, 0) is 14.6 Å². The molecule has 2 aliphatic heterocycles. The van der Waals surface area contributed by atoms with Crippen molar-refractivity contribution < 1.29 is 13.2 Å². The van der Waals surface area contributed by atoms with Crippen LogP contribution < -0.4 is 9.80 Å². The van der Waals surface area contributed by atoms with E-state index in [1.165, 1.54) is 11.8 Å². The monoisotopic (exact) mass is 409 g/mol. The summed E-state index contributed by atoms with van der Waals surface area (Å²) in [5, 5.41) is 0.569. The van der Waals surface area contributed by atoms with Crippen molar-refractivity contribution in [2.24, 2.45) is 4.99 Å². The fourth-order valence-corrected chi connectivity index (χ4v) is 7.59. The molecule has 0 unspecified atom stereocenters. The molecule has 2 saturated heterocycles. The second-order valence-electron chi connectivity index (χ2n) is 6.90. The first kappa shape index (κ1) is 20.2. The second-order valence-corrected chi connectivity index (χ2v) is 10.3. The van der Waals surface area contributed by atoms with E-state index in [1.807, 2.05) is 24.0 Å². The summed E-state index contributed by atoms with van der Waals surface area (Å²) in [4.78, 5) is 20.6. The molecule has 1 aromatic rings. The summed E-state index contributed by atoms with van der Waals surface area (Å²) >= 11 is 1.43. The van der Waals surface area contributed by atoms with Gasteiger partial charge in [-0.15, -0.1) is 0 Å². The number of carbonyl (C=O) groups excluding carboxylic acids is 1. The number of sulfone groups is 1. The topological polar surface area (TPSA) is 70.0 Å². The fraction of sp³-hybridized carbons (Fsp3) is 0.579. The molecule has 148 valence electrons. The van der Waals surface area contributed by atoms with Crippen molar-refractivity contribution in [1.29, 1.82) is 0 Å². The maximum atomic E-state index is 12.1. The van der Waals surface area contributed by atoms with Gasteiger partial charge in [0.1, 0.15) is 0 Å². The first-order valence-corrected chi connectivity index (χ1v) is 12.2. The normalized spacial score (nSPS) is 25.0. The number of carbonyl (C=O) groups is 1. The molecule has 0 bridgehead atoms. The average Bonchev–Trinajstić information content (AvgIpc) is 3.07. The third-order valence-corrected chi connectivity index (χ3v) is 8.22. The number of amides is 1. The van der Waals surface area contributed by atoms with Crippen LogP contribution in [0.15, 0.2) is 29.3 Å². The summed E-state index contributed by atoms with van der Waals surface area (Å²) in [6, 6.07) is 7.94. The molecule has 0 aliphatic carbocycles. The van der Waals surface area contributed by atoms with Gasteiger partial charge in [0.15, 0.2) is 15.0 Å². The maximum absolute atomic E-state index is 12.1. The zero-order valence-electron chi connectivity index (χ0n) is 16.1. The molecule has 3 rings (SSSR count). The van der Waals surface area contributed by atoms with Gasteiger partial charge in [-0.1, -0.05) is 18.7 Å². The minimum atomic E-state index is -3.05. The maximum Gasteiger partial charge on any atom is 0.248 e. The molecule has 2 aliphatic rings. The van der Waals surface area contributed by atoms with E-state index in [1.54, 1.807) is 0 Å². The van der Waals surface area contributed by atoms with E-state index in [-0.39, 0.29) is 28.7 Å².